The second kappa shape index (κ2) is 5.82. The van der Waals surface area contributed by atoms with E-state index in [0.29, 0.717) is 12.2 Å². The van der Waals surface area contributed by atoms with Gasteiger partial charge < -0.3 is 5.73 Å². The summed E-state index contributed by atoms with van der Waals surface area (Å²) in [7, 11) is 0. The van der Waals surface area contributed by atoms with Crippen molar-refractivity contribution in [3.05, 3.63) is 82.5 Å². The molecule has 0 amide bonds. The first-order chi connectivity index (χ1) is 12.2. The molecule has 1 atom stereocenters. The topological polar surface area (TPSA) is 73.8 Å². The third-order valence-corrected chi connectivity index (χ3v) is 5.53. The summed E-state index contributed by atoms with van der Waals surface area (Å²) in [5, 5.41) is 4.21. The van der Waals surface area contributed by atoms with Crippen LogP contribution in [0.2, 0.25) is 0 Å². The Hall–Kier alpha value is -2.99. The van der Waals surface area contributed by atoms with Gasteiger partial charge in [0.1, 0.15) is 0 Å². The Balaban J connectivity index is 1.94. The van der Waals surface area contributed by atoms with E-state index in [1.54, 1.807) is 11.3 Å². The van der Waals surface area contributed by atoms with Crippen LogP contribution in [0, 0.1) is 0 Å². The monoisotopic (exact) mass is 348 g/mol. The van der Waals surface area contributed by atoms with E-state index in [1.807, 2.05) is 36.0 Å². The van der Waals surface area contributed by atoms with Gasteiger partial charge in [-0.2, -0.15) is 4.68 Å². The van der Waals surface area contributed by atoms with Crippen molar-refractivity contribution in [2.75, 3.05) is 5.73 Å². The van der Waals surface area contributed by atoms with Gasteiger partial charge in [-0.15, -0.1) is 16.4 Å². The van der Waals surface area contributed by atoms with Gasteiger partial charge in [-0.3, -0.25) is 9.78 Å². The van der Waals surface area contributed by atoms with Crippen LogP contribution in [0.3, 0.4) is 0 Å². The van der Waals surface area contributed by atoms with Crippen molar-refractivity contribution >= 4 is 29.1 Å². The Morgan fingerprint density at radius 3 is 2.84 bits per heavy atom. The zero-order chi connectivity index (χ0) is 17.4. The number of nitrogen functional groups attached to an aromatic ring is 1. The average Bonchev–Trinajstić information content (AvgIpc) is 3.30. The van der Waals surface area contributed by atoms with Gasteiger partial charge in [0.25, 0.3) is 5.91 Å². The van der Waals surface area contributed by atoms with Crippen LogP contribution >= 0.6 is 11.3 Å². The normalized spacial score (nSPS) is 18.7. The molecular formula is C19H16N4OS. The van der Waals surface area contributed by atoms with E-state index in [1.165, 1.54) is 10.8 Å². The minimum atomic E-state index is -0.402. The highest BCUT2D eigenvalue weighted by Gasteiger charge is 2.39. The number of aromatic nitrogens is 3. The van der Waals surface area contributed by atoms with E-state index in [4.69, 9.17) is 5.73 Å². The van der Waals surface area contributed by atoms with Gasteiger partial charge in [0, 0.05) is 23.1 Å². The first-order valence-electron chi connectivity index (χ1n) is 7.83. The number of thiazole rings is 1. The second-order valence-corrected chi connectivity index (χ2v) is 6.80. The van der Waals surface area contributed by atoms with E-state index < -0.39 is 5.41 Å². The molecule has 2 N–H and O–H groups in total. The molecule has 0 bridgehead atoms. The molecule has 0 fully saturated rings. The van der Waals surface area contributed by atoms with Crippen LogP contribution in [-0.4, -0.2) is 20.7 Å². The fourth-order valence-electron chi connectivity index (χ4n) is 3.33. The summed E-state index contributed by atoms with van der Waals surface area (Å²) in [5.41, 5.74) is 10.2. The number of carbonyl (C=O) groups is 1. The number of fused-ring (bicyclic) bond motifs is 1. The molecule has 6 heteroatoms. The number of nitrogens with zero attached hydrogens (tertiary/aromatic N) is 3. The molecule has 25 heavy (non-hydrogen) atoms. The molecular weight excluding hydrogens is 332 g/mol. The smallest absolute Gasteiger partial charge is 0.270 e. The Labute approximate surface area is 149 Å². The van der Waals surface area contributed by atoms with Gasteiger partial charge in [0.15, 0.2) is 5.82 Å². The molecule has 1 aliphatic carbocycles. The fraction of sp³-hybridized carbons (Fsp3) is 0.105. The number of anilines is 1. The maximum absolute atomic E-state index is 12.2. The first-order valence-corrected chi connectivity index (χ1v) is 8.71. The first kappa shape index (κ1) is 15.5. The molecule has 0 radical (unpaired) electrons. The fourth-order valence-corrected chi connectivity index (χ4v) is 4.16. The molecule has 2 heterocycles. The van der Waals surface area contributed by atoms with Gasteiger partial charge >= 0.3 is 0 Å². The van der Waals surface area contributed by atoms with Gasteiger partial charge in [-0.25, -0.2) is 0 Å². The molecule has 124 valence electrons. The number of allylic oxidation sites excluding steroid dienone is 2. The molecule has 1 unspecified atom stereocenters. The summed E-state index contributed by atoms with van der Waals surface area (Å²) in [6.07, 6.45) is 7.81. The summed E-state index contributed by atoms with van der Waals surface area (Å²) < 4.78 is 1.36. The predicted octanol–water partition coefficient (Wildman–Crippen LogP) is 3.30. The molecule has 0 aliphatic heterocycles. The van der Waals surface area contributed by atoms with E-state index >= 15 is 0 Å². The molecule has 1 aliphatic rings. The minimum Gasteiger partial charge on any atom is -0.382 e. The molecule has 0 saturated heterocycles. The molecule has 5 nitrogen and oxygen atoms in total. The summed E-state index contributed by atoms with van der Waals surface area (Å²) in [4.78, 5) is 17.6. The van der Waals surface area contributed by atoms with Gasteiger partial charge in [-0.1, -0.05) is 49.1 Å². The lowest BCUT2D eigenvalue weighted by molar-refractivity contribution is 0.0950. The van der Waals surface area contributed by atoms with Crippen molar-refractivity contribution in [2.45, 2.75) is 11.8 Å². The zero-order valence-corrected chi connectivity index (χ0v) is 14.2. The van der Waals surface area contributed by atoms with Crippen molar-refractivity contribution in [1.82, 2.24) is 14.8 Å². The highest BCUT2D eigenvalue weighted by molar-refractivity contribution is 7.09. The minimum absolute atomic E-state index is 0.283. The summed E-state index contributed by atoms with van der Waals surface area (Å²) in [6, 6.07) is 10.2. The molecule has 0 spiro atoms. The Bertz CT molecular complexity index is 973. The van der Waals surface area contributed by atoms with Crippen LogP contribution in [0.4, 0.5) is 5.82 Å². The number of rotatable bonds is 3. The Morgan fingerprint density at radius 1 is 1.36 bits per heavy atom. The molecule has 2 aromatic heterocycles. The van der Waals surface area contributed by atoms with Crippen LogP contribution < -0.4 is 5.73 Å². The quantitative estimate of drug-likeness (QED) is 0.737. The molecule has 4 rings (SSSR count). The van der Waals surface area contributed by atoms with Crippen molar-refractivity contribution in [1.29, 1.82) is 0 Å². The molecule has 0 saturated carbocycles. The number of nitrogens with two attached hydrogens (primary N) is 1. The second-order valence-electron chi connectivity index (χ2n) is 5.91. The van der Waals surface area contributed by atoms with Gasteiger partial charge in [0.2, 0.25) is 0 Å². The van der Waals surface area contributed by atoms with Gasteiger partial charge in [-0.05, 0) is 11.6 Å². The standard InChI is InChI=1S/C19H16N4OS/c1-2-17(24)23-15-10-19(16-11-21-12-25-16,13-6-4-3-5-7-13)9-8-14(15)18(20)22-23/h2-9,11-12H,1,10H2,(H2,20,22). The third kappa shape index (κ3) is 2.34. The lowest BCUT2D eigenvalue weighted by Crippen LogP contribution is -2.31. The maximum atomic E-state index is 12.2. The molecule has 1 aromatic carbocycles. The van der Waals surface area contributed by atoms with Crippen molar-refractivity contribution in [2.24, 2.45) is 0 Å². The SMILES string of the molecule is C=CC(=O)n1nc(N)c2c1CC(c1ccccc1)(c1cncs1)C=C2. The largest absolute Gasteiger partial charge is 0.382 e. The Kier molecular flexibility index (Phi) is 3.62. The van der Waals surface area contributed by atoms with Crippen LogP contribution in [-0.2, 0) is 11.8 Å². The lowest BCUT2D eigenvalue weighted by Gasteiger charge is -2.33. The highest BCUT2D eigenvalue weighted by atomic mass is 32.1. The van der Waals surface area contributed by atoms with E-state index in [9.17, 15) is 4.79 Å². The van der Waals surface area contributed by atoms with E-state index in [-0.39, 0.29) is 5.91 Å². The van der Waals surface area contributed by atoms with Crippen molar-refractivity contribution in [3.8, 4) is 0 Å². The van der Waals surface area contributed by atoms with E-state index in [0.717, 1.165) is 21.7 Å². The molecule has 3 aromatic rings. The number of hydrogen-bond donors (Lipinski definition) is 1. The average molecular weight is 348 g/mol. The van der Waals surface area contributed by atoms with Crippen LogP contribution in [0.5, 0.6) is 0 Å². The summed E-state index contributed by atoms with van der Waals surface area (Å²) in [6.45, 7) is 3.56. The predicted molar refractivity (Wildman–Crippen MR) is 99.5 cm³/mol. The number of carbonyl (C=O) groups excluding carboxylic acids is 1. The Morgan fingerprint density at radius 2 is 2.16 bits per heavy atom. The number of hydrogen-bond acceptors (Lipinski definition) is 5. The maximum Gasteiger partial charge on any atom is 0.270 e. The zero-order valence-electron chi connectivity index (χ0n) is 13.4. The van der Waals surface area contributed by atoms with Crippen LogP contribution in [0.25, 0.3) is 6.08 Å². The van der Waals surface area contributed by atoms with Crippen molar-refractivity contribution < 1.29 is 4.79 Å². The van der Waals surface area contributed by atoms with Gasteiger partial charge in [0.05, 0.1) is 16.6 Å². The van der Waals surface area contributed by atoms with E-state index in [2.05, 4.69) is 34.9 Å². The van der Waals surface area contributed by atoms with Crippen LogP contribution in [0.1, 0.15) is 26.5 Å². The van der Waals surface area contributed by atoms with Crippen molar-refractivity contribution in [3.63, 3.8) is 0 Å². The third-order valence-electron chi connectivity index (χ3n) is 4.58. The highest BCUT2D eigenvalue weighted by Crippen LogP contribution is 2.43. The summed E-state index contributed by atoms with van der Waals surface area (Å²) >= 11 is 1.60. The summed E-state index contributed by atoms with van der Waals surface area (Å²) in [5.74, 6) is 0.0712. The number of benzene rings is 1. The van der Waals surface area contributed by atoms with Crippen LogP contribution in [0.15, 0.2) is 60.8 Å². The lowest BCUT2D eigenvalue weighted by atomic mass is 9.72.